The van der Waals surface area contributed by atoms with E-state index in [-0.39, 0.29) is 5.91 Å². The molecule has 0 atom stereocenters. The van der Waals surface area contributed by atoms with E-state index >= 15 is 0 Å². The predicted molar refractivity (Wildman–Crippen MR) is 66.9 cm³/mol. The monoisotopic (exact) mass is 231 g/mol. The van der Waals surface area contributed by atoms with Gasteiger partial charge in [0.2, 0.25) is 5.91 Å². The molecule has 1 amide bonds. The molecule has 0 saturated heterocycles. The van der Waals surface area contributed by atoms with Gasteiger partial charge in [-0.3, -0.25) is 4.79 Å². The molecule has 0 aliphatic rings. The third-order valence-electron chi connectivity index (χ3n) is 2.10. The minimum absolute atomic E-state index is 0.242. The average Bonchev–Trinajstić information content (AvgIpc) is 2.70. The zero-order chi connectivity index (χ0) is 11.4. The van der Waals surface area contributed by atoms with Crippen LogP contribution in [0.1, 0.15) is 5.56 Å². The number of aromatic amines is 1. The lowest BCUT2D eigenvalue weighted by atomic mass is 10.2. The normalized spacial score (nSPS) is 10.8. The van der Waals surface area contributed by atoms with Crippen molar-refractivity contribution in [1.82, 2.24) is 15.3 Å². The molecule has 0 radical (unpaired) electrons. The van der Waals surface area contributed by atoms with Crippen molar-refractivity contribution in [3.8, 4) is 0 Å². The summed E-state index contributed by atoms with van der Waals surface area (Å²) in [5, 5.41) is 3.37. The second-order valence-electron chi connectivity index (χ2n) is 3.10. The summed E-state index contributed by atoms with van der Waals surface area (Å²) in [6, 6.07) is 3.79. The number of hydrogen-bond acceptors (Lipinski definition) is 3. The lowest BCUT2D eigenvalue weighted by molar-refractivity contribution is -0.115. The first-order chi connectivity index (χ1) is 7.81. The van der Waals surface area contributed by atoms with Crippen LogP contribution in [0, 0.1) is 0 Å². The summed E-state index contributed by atoms with van der Waals surface area (Å²) in [6.45, 7) is 0. The van der Waals surface area contributed by atoms with Gasteiger partial charge in [0.25, 0.3) is 0 Å². The number of fused-ring (bicyclic) bond motifs is 1. The molecule has 16 heavy (non-hydrogen) atoms. The SMILES string of the molecule is O=C(C=Cc1c[nH]c2ncccc12)NC=S. The first-order valence-corrected chi connectivity index (χ1v) is 5.13. The molecule has 80 valence electrons. The first kappa shape index (κ1) is 10.5. The van der Waals surface area contributed by atoms with Gasteiger partial charge < -0.3 is 10.3 Å². The largest absolute Gasteiger partial charge is 0.346 e. The van der Waals surface area contributed by atoms with E-state index in [1.165, 1.54) is 11.6 Å². The Kier molecular flexibility index (Phi) is 3.07. The molecule has 0 aromatic carbocycles. The number of nitrogens with one attached hydrogen (secondary N) is 2. The molecular weight excluding hydrogens is 222 g/mol. The summed E-state index contributed by atoms with van der Waals surface area (Å²) in [7, 11) is 0. The molecular formula is C11H9N3OS. The van der Waals surface area contributed by atoms with Gasteiger partial charge in [0.1, 0.15) is 5.65 Å². The van der Waals surface area contributed by atoms with Gasteiger partial charge in [-0.15, -0.1) is 0 Å². The highest BCUT2D eigenvalue weighted by atomic mass is 32.1. The van der Waals surface area contributed by atoms with E-state index in [0.29, 0.717) is 0 Å². The van der Waals surface area contributed by atoms with E-state index in [0.717, 1.165) is 16.6 Å². The molecule has 0 saturated carbocycles. The van der Waals surface area contributed by atoms with E-state index < -0.39 is 0 Å². The highest BCUT2D eigenvalue weighted by Gasteiger charge is 2.00. The maximum atomic E-state index is 11.2. The smallest absolute Gasteiger partial charge is 0.248 e. The summed E-state index contributed by atoms with van der Waals surface area (Å²) in [4.78, 5) is 18.3. The Morgan fingerprint density at radius 2 is 2.44 bits per heavy atom. The Morgan fingerprint density at radius 3 is 3.25 bits per heavy atom. The summed E-state index contributed by atoms with van der Waals surface area (Å²) in [5.74, 6) is -0.242. The van der Waals surface area contributed by atoms with Crippen molar-refractivity contribution < 1.29 is 4.79 Å². The second kappa shape index (κ2) is 4.67. The van der Waals surface area contributed by atoms with Crippen LogP contribution in [0.15, 0.2) is 30.6 Å². The van der Waals surface area contributed by atoms with Gasteiger partial charge in [0.05, 0.1) is 5.49 Å². The highest BCUT2D eigenvalue weighted by molar-refractivity contribution is 7.78. The number of amides is 1. The van der Waals surface area contributed by atoms with Gasteiger partial charge in [0.15, 0.2) is 0 Å². The van der Waals surface area contributed by atoms with Crippen molar-refractivity contribution in [1.29, 1.82) is 0 Å². The van der Waals surface area contributed by atoms with Crippen LogP contribution in [0.25, 0.3) is 17.1 Å². The lowest BCUT2D eigenvalue weighted by Crippen LogP contribution is -2.16. The van der Waals surface area contributed by atoms with Gasteiger partial charge in [0, 0.05) is 29.4 Å². The van der Waals surface area contributed by atoms with Crippen LogP contribution < -0.4 is 5.32 Å². The summed E-state index contributed by atoms with van der Waals surface area (Å²) in [5.41, 5.74) is 2.91. The number of nitrogens with zero attached hydrogens (tertiary/aromatic N) is 1. The molecule has 2 aromatic heterocycles. The summed E-state index contributed by atoms with van der Waals surface area (Å²) >= 11 is 4.51. The van der Waals surface area contributed by atoms with E-state index in [1.54, 1.807) is 18.5 Å². The fourth-order valence-corrected chi connectivity index (χ4v) is 1.50. The molecule has 0 spiro atoms. The molecule has 0 fully saturated rings. The van der Waals surface area contributed by atoms with Gasteiger partial charge >= 0.3 is 0 Å². The summed E-state index contributed by atoms with van der Waals surface area (Å²) in [6.07, 6.45) is 6.66. The average molecular weight is 231 g/mol. The molecule has 2 heterocycles. The topological polar surface area (TPSA) is 57.8 Å². The van der Waals surface area contributed by atoms with E-state index in [9.17, 15) is 4.79 Å². The zero-order valence-corrected chi connectivity index (χ0v) is 9.12. The molecule has 0 aliphatic carbocycles. The van der Waals surface area contributed by atoms with Crippen LogP contribution in [0.4, 0.5) is 0 Å². The maximum Gasteiger partial charge on any atom is 0.248 e. The third kappa shape index (κ3) is 2.14. The van der Waals surface area contributed by atoms with Gasteiger partial charge in [-0.05, 0) is 18.2 Å². The zero-order valence-electron chi connectivity index (χ0n) is 8.31. The van der Waals surface area contributed by atoms with E-state index in [1.807, 2.05) is 12.1 Å². The summed E-state index contributed by atoms with van der Waals surface area (Å²) < 4.78 is 0. The van der Waals surface area contributed by atoms with Crippen molar-refractivity contribution in [2.24, 2.45) is 0 Å². The fourth-order valence-electron chi connectivity index (χ4n) is 1.39. The minimum atomic E-state index is -0.242. The van der Waals surface area contributed by atoms with Crippen molar-refractivity contribution in [2.45, 2.75) is 0 Å². The number of carbonyl (C=O) groups is 1. The Bertz CT molecular complexity index is 559. The van der Waals surface area contributed by atoms with Crippen molar-refractivity contribution in [3.63, 3.8) is 0 Å². The van der Waals surface area contributed by atoms with Crippen LogP contribution in [0.3, 0.4) is 0 Å². The Labute approximate surface area is 97.4 Å². The Hall–Kier alpha value is -2.01. The van der Waals surface area contributed by atoms with E-state index in [4.69, 9.17) is 0 Å². The van der Waals surface area contributed by atoms with Gasteiger partial charge in [-0.25, -0.2) is 4.98 Å². The molecule has 5 heteroatoms. The predicted octanol–water partition coefficient (Wildman–Crippen LogP) is 1.65. The maximum absolute atomic E-state index is 11.2. The minimum Gasteiger partial charge on any atom is -0.346 e. The van der Waals surface area contributed by atoms with Crippen molar-refractivity contribution in [2.75, 3.05) is 0 Å². The lowest BCUT2D eigenvalue weighted by Gasteiger charge is -1.91. The van der Waals surface area contributed by atoms with Crippen LogP contribution in [-0.2, 0) is 4.79 Å². The number of hydrogen-bond donors (Lipinski definition) is 2. The molecule has 2 N–H and O–H groups in total. The van der Waals surface area contributed by atoms with Crippen molar-refractivity contribution in [3.05, 3.63) is 36.2 Å². The standard InChI is InChI=1S/C11H9N3OS/c15-10(14-7-16)4-3-8-6-13-11-9(8)2-1-5-12-11/h1-7H,(H,12,13)(H,14,15,16). The molecule has 0 bridgehead atoms. The highest BCUT2D eigenvalue weighted by Crippen LogP contribution is 2.16. The molecule has 0 aliphatic heterocycles. The van der Waals surface area contributed by atoms with Crippen LogP contribution in [0.2, 0.25) is 0 Å². The molecule has 2 aromatic rings. The Balaban J connectivity index is 2.27. The number of H-pyrrole nitrogens is 1. The second-order valence-corrected chi connectivity index (χ2v) is 3.34. The van der Waals surface area contributed by atoms with Crippen LogP contribution in [-0.4, -0.2) is 21.4 Å². The van der Waals surface area contributed by atoms with Crippen LogP contribution >= 0.6 is 12.2 Å². The van der Waals surface area contributed by atoms with E-state index in [2.05, 4.69) is 27.5 Å². The van der Waals surface area contributed by atoms with Gasteiger partial charge in [-0.2, -0.15) is 0 Å². The number of rotatable bonds is 3. The number of carbonyl (C=O) groups excluding carboxylic acids is 1. The fraction of sp³-hybridized carbons (Fsp3) is 0. The quantitative estimate of drug-likeness (QED) is 0.623. The number of pyridine rings is 1. The molecule has 2 rings (SSSR count). The van der Waals surface area contributed by atoms with Crippen LogP contribution in [0.5, 0.6) is 0 Å². The third-order valence-corrected chi connectivity index (χ3v) is 2.22. The first-order valence-electron chi connectivity index (χ1n) is 4.65. The molecule has 0 unspecified atom stereocenters. The Morgan fingerprint density at radius 1 is 1.56 bits per heavy atom. The molecule has 4 nitrogen and oxygen atoms in total. The van der Waals surface area contributed by atoms with Gasteiger partial charge in [-0.1, -0.05) is 12.2 Å². The number of thiocarbonyl (C=S) groups is 1. The number of aromatic nitrogens is 2. The van der Waals surface area contributed by atoms with Crippen molar-refractivity contribution >= 4 is 40.7 Å².